The molecule has 1 aromatic rings. The van der Waals surface area contributed by atoms with Crippen molar-refractivity contribution in [1.29, 1.82) is 0 Å². The minimum atomic E-state index is 0.0298. The molecule has 0 heterocycles. The molecule has 1 atom stereocenters. The van der Waals surface area contributed by atoms with Gasteiger partial charge in [0.05, 0.1) is 0 Å². The summed E-state index contributed by atoms with van der Waals surface area (Å²) in [4.78, 5) is 13.6. The number of nitrogens with zero attached hydrogens (tertiary/aromatic N) is 1. The van der Waals surface area contributed by atoms with Crippen molar-refractivity contribution in [2.45, 2.75) is 32.7 Å². The van der Waals surface area contributed by atoms with Crippen molar-refractivity contribution < 1.29 is 9.53 Å². The lowest BCUT2D eigenvalue weighted by atomic mass is 10.1. The van der Waals surface area contributed by atoms with Gasteiger partial charge >= 0.3 is 0 Å². The summed E-state index contributed by atoms with van der Waals surface area (Å²) >= 11 is 0. The number of amides is 1. The van der Waals surface area contributed by atoms with E-state index in [1.165, 1.54) is 11.1 Å². The molecule has 2 rings (SSSR count). The van der Waals surface area contributed by atoms with E-state index in [1.54, 1.807) is 4.90 Å². The highest BCUT2D eigenvalue weighted by Gasteiger charge is 2.19. The van der Waals surface area contributed by atoms with Crippen LogP contribution >= 0.6 is 0 Å². The minimum absolute atomic E-state index is 0.0298. The van der Waals surface area contributed by atoms with Crippen molar-refractivity contribution in [3.8, 4) is 5.75 Å². The van der Waals surface area contributed by atoms with Gasteiger partial charge in [0.1, 0.15) is 5.75 Å². The van der Waals surface area contributed by atoms with Crippen LogP contribution in [0, 0.1) is 0 Å². The quantitative estimate of drug-likeness (QED) is 0.881. The molecule has 1 aliphatic rings. The van der Waals surface area contributed by atoms with Gasteiger partial charge in [0.25, 0.3) is 5.91 Å². The van der Waals surface area contributed by atoms with Gasteiger partial charge in [0.15, 0.2) is 6.61 Å². The van der Waals surface area contributed by atoms with E-state index in [4.69, 9.17) is 10.5 Å². The molecule has 4 nitrogen and oxygen atoms in total. The molecule has 1 aliphatic carbocycles. The highest BCUT2D eigenvalue weighted by Crippen LogP contribution is 2.31. The zero-order valence-corrected chi connectivity index (χ0v) is 11.7. The maximum absolute atomic E-state index is 11.8. The van der Waals surface area contributed by atoms with Gasteiger partial charge in [0, 0.05) is 19.1 Å². The normalized spacial score (nSPS) is 17.1. The van der Waals surface area contributed by atoms with Crippen molar-refractivity contribution in [1.82, 2.24) is 4.90 Å². The van der Waals surface area contributed by atoms with E-state index in [9.17, 15) is 4.79 Å². The van der Waals surface area contributed by atoms with Crippen LogP contribution in [0.5, 0.6) is 5.75 Å². The van der Waals surface area contributed by atoms with Crippen LogP contribution < -0.4 is 10.5 Å². The molecule has 0 saturated heterocycles. The van der Waals surface area contributed by atoms with Crippen LogP contribution in [0.15, 0.2) is 18.2 Å². The Balaban J connectivity index is 1.96. The van der Waals surface area contributed by atoms with E-state index < -0.39 is 0 Å². The van der Waals surface area contributed by atoms with Crippen LogP contribution in [0.2, 0.25) is 0 Å². The van der Waals surface area contributed by atoms with Gasteiger partial charge in [-0.25, -0.2) is 0 Å². The second-order valence-electron chi connectivity index (χ2n) is 4.86. The summed E-state index contributed by atoms with van der Waals surface area (Å²) in [5.74, 6) is 0.788. The summed E-state index contributed by atoms with van der Waals surface area (Å²) in [7, 11) is 0. The molecule has 0 aliphatic heterocycles. The molecular weight excluding hydrogens is 240 g/mol. The van der Waals surface area contributed by atoms with Crippen LogP contribution in [-0.4, -0.2) is 30.5 Å². The van der Waals surface area contributed by atoms with E-state index in [0.717, 1.165) is 31.7 Å². The fourth-order valence-corrected chi connectivity index (χ4v) is 2.53. The Bertz CT molecular complexity index is 455. The summed E-state index contributed by atoms with van der Waals surface area (Å²) in [5, 5.41) is 0. The molecule has 0 bridgehead atoms. The van der Waals surface area contributed by atoms with Crippen LogP contribution in [-0.2, 0) is 11.2 Å². The predicted molar refractivity (Wildman–Crippen MR) is 75.1 cm³/mol. The first-order chi connectivity index (χ1) is 9.15. The Hall–Kier alpha value is -1.55. The number of hydrogen-bond donors (Lipinski definition) is 1. The average molecular weight is 262 g/mol. The third-order valence-corrected chi connectivity index (χ3v) is 3.72. The lowest BCUT2D eigenvalue weighted by Crippen LogP contribution is -2.34. The van der Waals surface area contributed by atoms with Crippen LogP contribution in [0.1, 0.15) is 37.4 Å². The number of aryl methyl sites for hydroxylation is 1. The molecule has 0 aromatic heterocycles. The molecule has 0 saturated carbocycles. The third-order valence-electron chi connectivity index (χ3n) is 3.72. The number of hydrogen-bond acceptors (Lipinski definition) is 3. The third kappa shape index (κ3) is 3.07. The molecule has 0 spiro atoms. The molecule has 0 unspecified atom stereocenters. The molecule has 0 fully saturated rings. The molecule has 1 aromatic carbocycles. The lowest BCUT2D eigenvalue weighted by Gasteiger charge is -2.18. The lowest BCUT2D eigenvalue weighted by molar-refractivity contribution is -0.132. The fraction of sp³-hybridized carbons (Fsp3) is 0.533. The number of benzene rings is 1. The van der Waals surface area contributed by atoms with Gasteiger partial charge in [-0.2, -0.15) is 0 Å². The standard InChI is InChI=1S/C15H22N2O2/c1-3-17(4-2)15(18)10-19-12-6-7-13-11(9-12)5-8-14(13)16/h6-7,9,14H,3-5,8,10,16H2,1-2H3/t14-/m0/s1. The average Bonchev–Trinajstić information content (AvgIpc) is 2.79. The Kier molecular flexibility index (Phi) is 4.43. The molecular formula is C15H22N2O2. The number of likely N-dealkylation sites (N-methyl/N-ethyl adjacent to an activating group) is 1. The van der Waals surface area contributed by atoms with Crippen LogP contribution in [0.4, 0.5) is 0 Å². The SMILES string of the molecule is CCN(CC)C(=O)COc1ccc2c(c1)CC[C@@H]2N. The topological polar surface area (TPSA) is 55.6 Å². The first-order valence-corrected chi connectivity index (χ1v) is 6.94. The first-order valence-electron chi connectivity index (χ1n) is 6.94. The highest BCUT2D eigenvalue weighted by atomic mass is 16.5. The number of fused-ring (bicyclic) bond motifs is 1. The van der Waals surface area contributed by atoms with Gasteiger partial charge in [-0.15, -0.1) is 0 Å². The number of ether oxygens (including phenoxy) is 1. The van der Waals surface area contributed by atoms with Crippen molar-refractivity contribution in [2.24, 2.45) is 5.73 Å². The predicted octanol–water partition coefficient (Wildman–Crippen LogP) is 1.88. The minimum Gasteiger partial charge on any atom is -0.484 e. The zero-order chi connectivity index (χ0) is 13.8. The van der Waals surface area contributed by atoms with Crippen molar-refractivity contribution in [2.75, 3.05) is 19.7 Å². The first kappa shape index (κ1) is 13.9. The maximum Gasteiger partial charge on any atom is 0.260 e. The Morgan fingerprint density at radius 3 is 2.84 bits per heavy atom. The Labute approximate surface area is 114 Å². The molecule has 1 amide bonds. The van der Waals surface area contributed by atoms with E-state index in [2.05, 4.69) is 0 Å². The van der Waals surface area contributed by atoms with E-state index >= 15 is 0 Å². The van der Waals surface area contributed by atoms with Crippen molar-refractivity contribution in [3.05, 3.63) is 29.3 Å². The summed E-state index contributed by atoms with van der Waals surface area (Å²) < 4.78 is 5.58. The van der Waals surface area contributed by atoms with Gasteiger partial charge in [-0.3, -0.25) is 4.79 Å². The molecule has 104 valence electrons. The summed E-state index contributed by atoms with van der Waals surface area (Å²) in [6.45, 7) is 5.48. The highest BCUT2D eigenvalue weighted by molar-refractivity contribution is 5.77. The Morgan fingerprint density at radius 2 is 2.16 bits per heavy atom. The van der Waals surface area contributed by atoms with E-state index in [0.29, 0.717) is 0 Å². The van der Waals surface area contributed by atoms with Gasteiger partial charge in [-0.1, -0.05) is 6.07 Å². The number of rotatable bonds is 5. The molecule has 0 radical (unpaired) electrons. The summed E-state index contributed by atoms with van der Waals surface area (Å²) in [6.07, 6.45) is 1.99. The maximum atomic E-state index is 11.8. The zero-order valence-electron chi connectivity index (χ0n) is 11.7. The summed E-state index contributed by atoms with van der Waals surface area (Å²) in [5.41, 5.74) is 8.45. The fourth-order valence-electron chi connectivity index (χ4n) is 2.53. The van der Waals surface area contributed by atoms with Crippen molar-refractivity contribution in [3.63, 3.8) is 0 Å². The largest absolute Gasteiger partial charge is 0.484 e. The van der Waals surface area contributed by atoms with Gasteiger partial charge in [-0.05, 0) is 49.9 Å². The second kappa shape index (κ2) is 6.06. The van der Waals surface area contributed by atoms with Gasteiger partial charge < -0.3 is 15.4 Å². The number of carbonyl (C=O) groups excluding carboxylic acids is 1. The smallest absolute Gasteiger partial charge is 0.260 e. The van der Waals surface area contributed by atoms with Crippen LogP contribution in [0.3, 0.4) is 0 Å². The second-order valence-corrected chi connectivity index (χ2v) is 4.86. The Morgan fingerprint density at radius 1 is 1.42 bits per heavy atom. The van der Waals surface area contributed by atoms with E-state index in [1.807, 2.05) is 32.0 Å². The monoisotopic (exact) mass is 262 g/mol. The number of nitrogens with two attached hydrogens (primary N) is 1. The van der Waals surface area contributed by atoms with Crippen LogP contribution in [0.25, 0.3) is 0 Å². The molecule has 19 heavy (non-hydrogen) atoms. The molecule has 2 N–H and O–H groups in total. The summed E-state index contributed by atoms with van der Waals surface area (Å²) in [6, 6.07) is 6.09. The molecule has 4 heteroatoms. The van der Waals surface area contributed by atoms with E-state index in [-0.39, 0.29) is 18.6 Å². The number of carbonyl (C=O) groups is 1. The van der Waals surface area contributed by atoms with Crippen molar-refractivity contribution >= 4 is 5.91 Å². The van der Waals surface area contributed by atoms with Gasteiger partial charge in [0.2, 0.25) is 0 Å².